The van der Waals surface area contributed by atoms with E-state index in [4.69, 9.17) is 10.5 Å². The Labute approximate surface area is 122 Å². The van der Waals surface area contributed by atoms with Crippen LogP contribution in [0.5, 0.6) is 0 Å². The van der Waals surface area contributed by atoms with Gasteiger partial charge < -0.3 is 20.8 Å². The van der Waals surface area contributed by atoms with Gasteiger partial charge in [0, 0.05) is 22.8 Å². The standard InChI is InChI=1S/C15H19N3O3/c1-8(2)13(15(20)21-3)18-14(19)11-7-17-12-6-9(16)4-5-10(11)12/h4-8,13,17H,16H2,1-3H3,(H,18,19). The molecule has 0 saturated carbocycles. The van der Waals surface area contributed by atoms with Gasteiger partial charge in [-0.3, -0.25) is 4.79 Å². The first kappa shape index (κ1) is 14.9. The van der Waals surface area contributed by atoms with Crippen molar-refractivity contribution in [3.8, 4) is 0 Å². The number of nitrogens with one attached hydrogen (secondary N) is 2. The lowest BCUT2D eigenvalue weighted by atomic mass is 10.0. The molecule has 1 atom stereocenters. The Morgan fingerprint density at radius 3 is 2.67 bits per heavy atom. The van der Waals surface area contributed by atoms with Crippen molar-refractivity contribution in [1.82, 2.24) is 10.3 Å². The average Bonchev–Trinajstić information content (AvgIpc) is 2.86. The SMILES string of the molecule is COC(=O)C(NC(=O)c1c[nH]c2cc(N)ccc12)C(C)C. The van der Waals surface area contributed by atoms with E-state index in [1.54, 1.807) is 24.4 Å². The predicted molar refractivity (Wildman–Crippen MR) is 80.8 cm³/mol. The fraction of sp³-hybridized carbons (Fsp3) is 0.333. The summed E-state index contributed by atoms with van der Waals surface area (Å²) in [6.45, 7) is 3.69. The molecular formula is C15H19N3O3. The lowest BCUT2D eigenvalue weighted by Crippen LogP contribution is -2.44. The highest BCUT2D eigenvalue weighted by Crippen LogP contribution is 2.21. The summed E-state index contributed by atoms with van der Waals surface area (Å²) in [6.07, 6.45) is 1.61. The van der Waals surface area contributed by atoms with E-state index in [9.17, 15) is 9.59 Å². The number of ether oxygens (including phenoxy) is 1. The molecule has 6 nitrogen and oxygen atoms in total. The summed E-state index contributed by atoms with van der Waals surface area (Å²) >= 11 is 0. The number of anilines is 1. The lowest BCUT2D eigenvalue weighted by Gasteiger charge is -2.19. The van der Waals surface area contributed by atoms with Crippen LogP contribution in [0, 0.1) is 5.92 Å². The highest BCUT2D eigenvalue weighted by Gasteiger charge is 2.26. The Morgan fingerprint density at radius 2 is 2.05 bits per heavy atom. The highest BCUT2D eigenvalue weighted by molar-refractivity contribution is 6.08. The van der Waals surface area contributed by atoms with Gasteiger partial charge in [-0.25, -0.2) is 4.79 Å². The van der Waals surface area contributed by atoms with Crippen molar-refractivity contribution in [2.75, 3.05) is 12.8 Å². The van der Waals surface area contributed by atoms with Crippen LogP contribution in [0.1, 0.15) is 24.2 Å². The number of aromatic amines is 1. The third-order valence-electron chi connectivity index (χ3n) is 3.36. The lowest BCUT2D eigenvalue weighted by molar-refractivity contribution is -0.144. The van der Waals surface area contributed by atoms with Gasteiger partial charge in [-0.1, -0.05) is 13.8 Å². The molecule has 112 valence electrons. The van der Waals surface area contributed by atoms with Crippen LogP contribution in [-0.2, 0) is 9.53 Å². The third-order valence-corrected chi connectivity index (χ3v) is 3.36. The number of H-pyrrole nitrogens is 1. The number of benzene rings is 1. The second kappa shape index (κ2) is 5.87. The molecule has 2 aromatic rings. The number of carbonyl (C=O) groups is 2. The van der Waals surface area contributed by atoms with Gasteiger partial charge in [-0.15, -0.1) is 0 Å². The van der Waals surface area contributed by atoms with E-state index >= 15 is 0 Å². The van der Waals surface area contributed by atoms with Crippen molar-refractivity contribution in [2.45, 2.75) is 19.9 Å². The predicted octanol–water partition coefficient (Wildman–Crippen LogP) is 1.68. The second-order valence-corrected chi connectivity index (χ2v) is 5.23. The minimum Gasteiger partial charge on any atom is -0.467 e. The Kier molecular flexibility index (Phi) is 4.16. The van der Waals surface area contributed by atoms with Gasteiger partial charge >= 0.3 is 5.97 Å². The van der Waals surface area contributed by atoms with Crippen molar-refractivity contribution < 1.29 is 14.3 Å². The van der Waals surface area contributed by atoms with E-state index in [1.165, 1.54) is 7.11 Å². The van der Waals surface area contributed by atoms with Crippen molar-refractivity contribution in [3.05, 3.63) is 30.0 Å². The molecule has 1 heterocycles. The molecule has 0 saturated heterocycles. The molecule has 0 fully saturated rings. The molecule has 0 spiro atoms. The molecule has 0 aliphatic rings. The van der Waals surface area contributed by atoms with Crippen LogP contribution in [0.15, 0.2) is 24.4 Å². The van der Waals surface area contributed by atoms with Crippen molar-refractivity contribution >= 4 is 28.5 Å². The van der Waals surface area contributed by atoms with Crippen molar-refractivity contribution in [3.63, 3.8) is 0 Å². The largest absolute Gasteiger partial charge is 0.467 e. The first-order chi connectivity index (χ1) is 9.93. The zero-order chi connectivity index (χ0) is 15.6. The highest BCUT2D eigenvalue weighted by atomic mass is 16.5. The minimum atomic E-state index is -0.679. The molecular weight excluding hydrogens is 270 g/mol. The molecule has 0 radical (unpaired) electrons. The molecule has 1 aromatic carbocycles. The zero-order valence-electron chi connectivity index (χ0n) is 12.3. The van der Waals surface area contributed by atoms with Gasteiger partial charge in [-0.05, 0) is 24.1 Å². The van der Waals surface area contributed by atoms with Crippen LogP contribution < -0.4 is 11.1 Å². The smallest absolute Gasteiger partial charge is 0.328 e. The van der Waals surface area contributed by atoms with E-state index in [0.717, 1.165) is 10.9 Å². The maximum atomic E-state index is 12.4. The summed E-state index contributed by atoms with van der Waals surface area (Å²) in [5, 5.41) is 3.47. The molecule has 0 bridgehead atoms. The summed E-state index contributed by atoms with van der Waals surface area (Å²) in [5.41, 5.74) is 7.57. The number of esters is 1. The molecule has 1 amide bonds. The van der Waals surface area contributed by atoms with Crippen LogP contribution in [-0.4, -0.2) is 30.0 Å². The molecule has 2 rings (SSSR count). The maximum absolute atomic E-state index is 12.4. The van der Waals surface area contributed by atoms with E-state index in [-0.39, 0.29) is 11.8 Å². The molecule has 1 aromatic heterocycles. The average molecular weight is 289 g/mol. The summed E-state index contributed by atoms with van der Waals surface area (Å²) in [5.74, 6) is -0.847. The zero-order valence-corrected chi connectivity index (χ0v) is 12.3. The van der Waals surface area contributed by atoms with Crippen molar-refractivity contribution in [1.29, 1.82) is 0 Å². The number of rotatable bonds is 4. The summed E-state index contributed by atoms with van der Waals surface area (Å²) < 4.78 is 4.72. The molecule has 1 unspecified atom stereocenters. The number of hydrogen-bond acceptors (Lipinski definition) is 4. The van der Waals surface area contributed by atoms with E-state index in [0.29, 0.717) is 11.3 Å². The number of methoxy groups -OCH3 is 1. The van der Waals surface area contributed by atoms with Crippen LogP contribution in [0.25, 0.3) is 10.9 Å². The summed E-state index contributed by atoms with van der Waals surface area (Å²) in [6, 6.07) is 4.58. The maximum Gasteiger partial charge on any atom is 0.328 e. The molecule has 0 aliphatic heterocycles. The second-order valence-electron chi connectivity index (χ2n) is 5.23. The fourth-order valence-electron chi connectivity index (χ4n) is 2.18. The summed E-state index contributed by atoms with van der Waals surface area (Å²) in [7, 11) is 1.30. The molecule has 6 heteroatoms. The quantitative estimate of drug-likeness (QED) is 0.589. The van der Waals surface area contributed by atoms with Gasteiger partial charge in [0.2, 0.25) is 0 Å². The normalized spacial score (nSPS) is 12.4. The number of nitrogen functional groups attached to an aromatic ring is 1. The van der Waals surface area contributed by atoms with Crippen LogP contribution >= 0.6 is 0 Å². The van der Waals surface area contributed by atoms with Gasteiger partial charge in [0.05, 0.1) is 12.7 Å². The number of fused-ring (bicyclic) bond motifs is 1. The van der Waals surface area contributed by atoms with Crippen LogP contribution in [0.2, 0.25) is 0 Å². The number of aromatic nitrogens is 1. The minimum absolute atomic E-state index is 0.0674. The Bertz CT molecular complexity index is 676. The van der Waals surface area contributed by atoms with Gasteiger partial charge in [0.1, 0.15) is 6.04 Å². The number of hydrogen-bond donors (Lipinski definition) is 3. The first-order valence-electron chi connectivity index (χ1n) is 6.69. The van der Waals surface area contributed by atoms with Gasteiger partial charge in [-0.2, -0.15) is 0 Å². The Morgan fingerprint density at radius 1 is 1.33 bits per heavy atom. The molecule has 0 aliphatic carbocycles. The van der Waals surface area contributed by atoms with Gasteiger partial charge in [0.15, 0.2) is 0 Å². The van der Waals surface area contributed by atoms with Crippen molar-refractivity contribution in [2.24, 2.45) is 5.92 Å². The van der Waals surface area contributed by atoms with E-state index in [2.05, 4.69) is 10.3 Å². The number of nitrogens with two attached hydrogens (primary N) is 1. The number of amides is 1. The summed E-state index contributed by atoms with van der Waals surface area (Å²) in [4.78, 5) is 27.1. The van der Waals surface area contributed by atoms with Crippen LogP contribution in [0.3, 0.4) is 0 Å². The Balaban J connectivity index is 2.27. The van der Waals surface area contributed by atoms with E-state index < -0.39 is 12.0 Å². The van der Waals surface area contributed by atoms with Gasteiger partial charge in [0.25, 0.3) is 5.91 Å². The topological polar surface area (TPSA) is 97.2 Å². The Hall–Kier alpha value is -2.50. The fourth-order valence-corrected chi connectivity index (χ4v) is 2.18. The first-order valence-corrected chi connectivity index (χ1v) is 6.69. The third kappa shape index (κ3) is 2.99. The molecule has 21 heavy (non-hydrogen) atoms. The van der Waals surface area contributed by atoms with E-state index in [1.807, 2.05) is 13.8 Å². The molecule has 4 N–H and O–H groups in total. The number of carbonyl (C=O) groups excluding carboxylic acids is 2. The monoisotopic (exact) mass is 289 g/mol. The van der Waals surface area contributed by atoms with Crippen LogP contribution in [0.4, 0.5) is 5.69 Å².